The molecule has 29 heavy (non-hydrogen) atoms. The number of carbonyl (C=O) groups is 1. The van der Waals surface area contributed by atoms with E-state index >= 15 is 0 Å². The topological polar surface area (TPSA) is 93.1 Å². The first-order valence-electron chi connectivity index (χ1n) is 11.1. The van der Waals surface area contributed by atoms with Gasteiger partial charge in [-0.3, -0.25) is 4.52 Å². The van der Waals surface area contributed by atoms with Crippen LogP contribution in [0.2, 0.25) is 0 Å². The van der Waals surface area contributed by atoms with E-state index in [1.807, 2.05) is 0 Å². The van der Waals surface area contributed by atoms with Crippen molar-refractivity contribution in [2.24, 2.45) is 11.8 Å². The van der Waals surface area contributed by atoms with E-state index < -0.39 is 19.4 Å². The lowest BCUT2D eigenvalue weighted by Gasteiger charge is -2.38. The van der Waals surface area contributed by atoms with Crippen LogP contribution in [0.15, 0.2) is 12.2 Å². The predicted molar refractivity (Wildman–Crippen MR) is 117 cm³/mol. The van der Waals surface area contributed by atoms with Crippen molar-refractivity contribution in [3.8, 4) is 0 Å². The molecule has 6 nitrogen and oxygen atoms in total. The molecule has 2 N–H and O–H groups in total. The highest BCUT2D eigenvalue weighted by atomic mass is 31.2. The minimum absolute atomic E-state index is 0.272. The van der Waals surface area contributed by atoms with Crippen molar-refractivity contribution in [1.29, 1.82) is 0 Å². The van der Waals surface area contributed by atoms with Gasteiger partial charge in [0.25, 0.3) is 0 Å². The molecule has 0 aliphatic carbocycles. The van der Waals surface area contributed by atoms with Gasteiger partial charge in [0, 0.05) is 5.57 Å². The van der Waals surface area contributed by atoms with Crippen LogP contribution in [-0.2, 0) is 18.6 Å². The number of rotatable bonds is 17. The summed E-state index contributed by atoms with van der Waals surface area (Å²) in [6.45, 7) is 13.4. The second-order valence-corrected chi connectivity index (χ2v) is 9.60. The maximum Gasteiger partial charge on any atom is 0.469 e. The summed E-state index contributed by atoms with van der Waals surface area (Å²) in [4.78, 5) is 31.1. The second kappa shape index (κ2) is 14.3. The van der Waals surface area contributed by atoms with Crippen LogP contribution in [0.25, 0.3) is 0 Å². The van der Waals surface area contributed by atoms with Gasteiger partial charge in [-0.2, -0.15) is 0 Å². The molecule has 0 aromatic carbocycles. The molecule has 0 aliphatic rings. The maximum absolute atomic E-state index is 12.5. The molecule has 0 fully saturated rings. The van der Waals surface area contributed by atoms with Crippen LogP contribution in [0, 0.1) is 11.8 Å². The van der Waals surface area contributed by atoms with E-state index in [2.05, 4.69) is 34.3 Å². The molecule has 172 valence electrons. The fraction of sp³-hybridized carbons (Fsp3) is 0.864. The summed E-state index contributed by atoms with van der Waals surface area (Å²) in [5.41, 5.74) is -0.797. The zero-order chi connectivity index (χ0) is 22.5. The number of phosphoric acid groups is 1. The van der Waals surface area contributed by atoms with Crippen LogP contribution in [-0.4, -0.2) is 28.0 Å². The van der Waals surface area contributed by atoms with E-state index in [0.29, 0.717) is 12.8 Å². The predicted octanol–water partition coefficient (Wildman–Crippen LogP) is 6.17. The number of hydrogen-bond acceptors (Lipinski definition) is 4. The van der Waals surface area contributed by atoms with Crippen molar-refractivity contribution in [2.75, 3.05) is 6.61 Å². The second-order valence-electron chi connectivity index (χ2n) is 8.36. The Morgan fingerprint density at radius 1 is 1.00 bits per heavy atom. The van der Waals surface area contributed by atoms with Gasteiger partial charge in [0.05, 0.1) is 6.61 Å². The number of carbonyl (C=O) groups excluding carboxylic acids is 1. The molecular weight excluding hydrogens is 391 g/mol. The van der Waals surface area contributed by atoms with Gasteiger partial charge in [0.1, 0.15) is 5.60 Å². The highest BCUT2D eigenvalue weighted by molar-refractivity contribution is 7.46. The molecule has 0 heterocycles. The number of hydrogen-bond donors (Lipinski definition) is 2. The van der Waals surface area contributed by atoms with E-state index in [0.717, 1.165) is 51.4 Å². The Kier molecular flexibility index (Phi) is 14.0. The highest BCUT2D eigenvalue weighted by Crippen LogP contribution is 2.42. The van der Waals surface area contributed by atoms with Gasteiger partial charge >= 0.3 is 13.8 Å². The molecule has 2 unspecified atom stereocenters. The Hall–Kier alpha value is -0.680. The highest BCUT2D eigenvalue weighted by Gasteiger charge is 2.40. The van der Waals surface area contributed by atoms with E-state index in [1.54, 1.807) is 6.92 Å². The van der Waals surface area contributed by atoms with Crippen molar-refractivity contribution >= 4 is 13.8 Å². The quantitative estimate of drug-likeness (QED) is 0.162. The van der Waals surface area contributed by atoms with Crippen LogP contribution < -0.4 is 0 Å². The molecule has 0 radical (unpaired) electrons. The summed E-state index contributed by atoms with van der Waals surface area (Å²) in [5, 5.41) is 0. The number of unbranched alkanes of at least 4 members (excludes halogenated alkanes) is 2. The Balaban J connectivity index is 5.87. The van der Waals surface area contributed by atoms with E-state index in [-0.39, 0.29) is 24.0 Å². The van der Waals surface area contributed by atoms with Crippen LogP contribution in [0.4, 0.5) is 0 Å². The smallest absolute Gasteiger partial charge is 0.453 e. The summed E-state index contributed by atoms with van der Waals surface area (Å²) < 4.78 is 22.3. The van der Waals surface area contributed by atoms with Gasteiger partial charge in [-0.15, -0.1) is 0 Å². The van der Waals surface area contributed by atoms with Crippen LogP contribution >= 0.6 is 7.82 Å². The monoisotopic (exact) mass is 434 g/mol. The normalized spacial score (nSPS) is 16.1. The van der Waals surface area contributed by atoms with Gasteiger partial charge in [-0.05, 0) is 31.6 Å². The molecule has 0 spiro atoms. The lowest BCUT2D eigenvalue weighted by molar-refractivity contribution is -0.164. The van der Waals surface area contributed by atoms with Gasteiger partial charge in [0.2, 0.25) is 0 Å². The zero-order valence-electron chi connectivity index (χ0n) is 19.1. The average Bonchev–Trinajstić information content (AvgIpc) is 2.66. The average molecular weight is 435 g/mol. The maximum atomic E-state index is 12.5. The standard InChI is InChI=1S/C22H43O6P/c1-7-11-13-19(9-3)15-22(17-27-29(24,25)26,28-21(23)18(5)6)16-20(10-4)14-12-8-2/h19-20H,5,7-17H2,1-4,6H3,(H2,24,25,26). The number of ether oxygens (including phenoxy) is 1. The molecule has 0 rings (SSSR count). The molecule has 0 aromatic rings. The van der Waals surface area contributed by atoms with Crippen molar-refractivity contribution < 1.29 is 28.4 Å². The Morgan fingerprint density at radius 2 is 1.45 bits per heavy atom. The molecule has 0 saturated heterocycles. The molecular formula is C22H43O6P. The lowest BCUT2D eigenvalue weighted by atomic mass is 9.78. The van der Waals surface area contributed by atoms with Crippen molar-refractivity contribution in [3.63, 3.8) is 0 Å². The summed E-state index contributed by atoms with van der Waals surface area (Å²) >= 11 is 0. The Morgan fingerprint density at radius 3 is 1.76 bits per heavy atom. The Bertz CT molecular complexity index is 509. The van der Waals surface area contributed by atoms with Gasteiger partial charge in [-0.25, -0.2) is 9.36 Å². The fourth-order valence-corrected chi connectivity index (χ4v) is 4.14. The molecule has 0 bridgehead atoms. The summed E-state index contributed by atoms with van der Waals surface area (Å²) in [6.07, 6.45) is 9.13. The van der Waals surface area contributed by atoms with Crippen molar-refractivity contribution in [2.45, 2.75) is 104 Å². The van der Waals surface area contributed by atoms with Crippen molar-refractivity contribution in [1.82, 2.24) is 0 Å². The molecule has 0 aromatic heterocycles. The first-order valence-corrected chi connectivity index (χ1v) is 12.6. The van der Waals surface area contributed by atoms with Crippen LogP contribution in [0.1, 0.15) is 98.8 Å². The van der Waals surface area contributed by atoms with E-state index in [9.17, 15) is 19.1 Å². The third-order valence-corrected chi connectivity index (χ3v) is 6.03. The molecule has 0 saturated carbocycles. The molecule has 0 aliphatic heterocycles. The third kappa shape index (κ3) is 12.6. The number of phosphoric ester groups is 1. The van der Waals surface area contributed by atoms with Crippen LogP contribution in [0.5, 0.6) is 0 Å². The minimum atomic E-state index is -4.69. The summed E-state index contributed by atoms with van der Waals surface area (Å²) in [6, 6.07) is 0. The molecule has 2 atom stereocenters. The summed E-state index contributed by atoms with van der Waals surface area (Å²) in [7, 11) is -4.69. The fourth-order valence-electron chi connectivity index (χ4n) is 3.74. The summed E-state index contributed by atoms with van der Waals surface area (Å²) in [5.74, 6) is 0.0452. The van der Waals surface area contributed by atoms with E-state index in [1.165, 1.54) is 0 Å². The Labute approximate surface area is 177 Å². The van der Waals surface area contributed by atoms with Crippen LogP contribution in [0.3, 0.4) is 0 Å². The lowest BCUT2D eigenvalue weighted by Crippen LogP contribution is -2.43. The zero-order valence-corrected chi connectivity index (χ0v) is 20.0. The molecule has 0 amide bonds. The first kappa shape index (κ1) is 28.3. The van der Waals surface area contributed by atoms with Crippen molar-refractivity contribution in [3.05, 3.63) is 12.2 Å². The third-order valence-electron chi connectivity index (χ3n) is 5.56. The van der Waals surface area contributed by atoms with E-state index in [4.69, 9.17) is 9.26 Å². The number of esters is 1. The first-order chi connectivity index (χ1) is 13.5. The minimum Gasteiger partial charge on any atom is -0.453 e. The van der Waals surface area contributed by atoms with Gasteiger partial charge in [0.15, 0.2) is 0 Å². The van der Waals surface area contributed by atoms with Gasteiger partial charge in [-0.1, -0.05) is 85.6 Å². The molecule has 7 heteroatoms. The largest absolute Gasteiger partial charge is 0.469 e. The SMILES string of the molecule is C=C(C)C(=O)OC(COP(=O)(O)O)(CC(CC)CCCC)CC(CC)CCCC. The van der Waals surface area contributed by atoms with Gasteiger partial charge < -0.3 is 14.5 Å².